The molecule has 266 valence electrons. The van der Waals surface area contributed by atoms with Gasteiger partial charge in [-0.25, -0.2) is 4.98 Å². The molecule has 9 nitrogen and oxygen atoms in total. The fourth-order valence-electron chi connectivity index (χ4n) is 6.13. The third-order valence-corrected chi connectivity index (χ3v) is 10.2. The van der Waals surface area contributed by atoms with Gasteiger partial charge in [-0.05, 0) is 98.9 Å². The van der Waals surface area contributed by atoms with Crippen LogP contribution in [0, 0.1) is 30.6 Å². The lowest BCUT2D eigenvalue weighted by Gasteiger charge is -2.29. The van der Waals surface area contributed by atoms with Crippen molar-refractivity contribution in [1.82, 2.24) is 15.2 Å². The van der Waals surface area contributed by atoms with Gasteiger partial charge in [0.25, 0.3) is 5.91 Å². The molecular formula is C42H37ClN6O3S. The molecular weight excluding hydrogens is 704 g/mol. The number of hydrogen-bond acceptors (Lipinski definition) is 8. The second kappa shape index (κ2) is 17.2. The standard InChI is InChI=1S/C42H37ClN6O3S/c1-4-45-46-23-27(2)47-40(31-14-16-32(43)17-15-31)36-26-53-38(28(36)3)21-19-33-18-13-29(24-44-33)9-6-5-7-10-30-11-8-12-34-35(30)25-49(42(34)52)37-20-22-39(50)48-41(37)51/h4,8,11-18,23-24,26-27,37H,5-6,9,20,22,25H2,1-3H3,(H,48,50,51)/b45-4+,46-23+,47-40?/t27-,37?/m0/s1. The summed E-state index contributed by atoms with van der Waals surface area (Å²) in [5, 5.41) is 13.1. The van der Waals surface area contributed by atoms with Crippen LogP contribution in [0.5, 0.6) is 0 Å². The Hall–Kier alpha value is -5.68. The lowest BCUT2D eigenvalue weighted by Crippen LogP contribution is -2.52. The van der Waals surface area contributed by atoms with Gasteiger partial charge in [-0.1, -0.05) is 47.7 Å². The summed E-state index contributed by atoms with van der Waals surface area (Å²) >= 11 is 7.75. The normalized spacial score (nSPS) is 16.3. The maximum absolute atomic E-state index is 13.1. The van der Waals surface area contributed by atoms with Gasteiger partial charge in [0, 0.05) is 64.5 Å². The van der Waals surface area contributed by atoms with Gasteiger partial charge in [0.15, 0.2) is 0 Å². The van der Waals surface area contributed by atoms with E-state index >= 15 is 0 Å². The average Bonchev–Trinajstić information content (AvgIpc) is 3.69. The van der Waals surface area contributed by atoms with Crippen LogP contribution in [0.25, 0.3) is 0 Å². The van der Waals surface area contributed by atoms with Crippen molar-refractivity contribution in [3.63, 3.8) is 0 Å². The molecule has 4 aromatic rings. The third-order valence-electron chi connectivity index (χ3n) is 8.91. The second-order valence-electron chi connectivity index (χ2n) is 12.7. The average molecular weight is 741 g/mol. The topological polar surface area (TPSA) is 116 Å². The first-order chi connectivity index (χ1) is 25.7. The maximum atomic E-state index is 13.1. The van der Waals surface area contributed by atoms with Crippen LogP contribution in [0.1, 0.15) is 93.8 Å². The quantitative estimate of drug-likeness (QED) is 0.0658. The molecule has 3 amide bonds. The van der Waals surface area contributed by atoms with Gasteiger partial charge in [0.1, 0.15) is 11.7 Å². The number of aryl methyl sites for hydroxylation is 1. The Bertz CT molecular complexity index is 2250. The zero-order valence-electron chi connectivity index (χ0n) is 29.6. The Labute approximate surface area is 318 Å². The Balaban J connectivity index is 1.07. The summed E-state index contributed by atoms with van der Waals surface area (Å²) in [6, 6.07) is 16.3. The van der Waals surface area contributed by atoms with E-state index in [2.05, 4.69) is 56.5 Å². The highest BCUT2D eigenvalue weighted by Gasteiger charge is 2.39. The highest BCUT2D eigenvalue weighted by atomic mass is 35.5. The number of fused-ring (bicyclic) bond motifs is 1. The number of nitrogens with one attached hydrogen (secondary N) is 1. The minimum atomic E-state index is -0.646. The number of rotatable bonds is 9. The third kappa shape index (κ3) is 9.04. The molecule has 2 aromatic carbocycles. The zero-order chi connectivity index (χ0) is 37.3. The van der Waals surface area contributed by atoms with E-state index in [0.717, 1.165) is 56.8 Å². The molecule has 2 aliphatic heterocycles. The van der Waals surface area contributed by atoms with Gasteiger partial charge in [-0.3, -0.25) is 24.7 Å². The van der Waals surface area contributed by atoms with Crippen molar-refractivity contribution in [2.45, 2.75) is 71.5 Å². The highest BCUT2D eigenvalue weighted by molar-refractivity contribution is 7.11. The molecule has 2 atom stereocenters. The molecule has 0 saturated carbocycles. The van der Waals surface area contributed by atoms with Crippen LogP contribution >= 0.6 is 22.9 Å². The number of benzene rings is 2. The van der Waals surface area contributed by atoms with E-state index in [9.17, 15) is 14.4 Å². The maximum Gasteiger partial charge on any atom is 0.255 e. The van der Waals surface area contributed by atoms with Crippen LogP contribution < -0.4 is 5.32 Å². The summed E-state index contributed by atoms with van der Waals surface area (Å²) in [5.41, 5.74) is 7.83. The summed E-state index contributed by atoms with van der Waals surface area (Å²) in [7, 11) is 0. The molecule has 1 fully saturated rings. The van der Waals surface area contributed by atoms with Crippen molar-refractivity contribution in [3.05, 3.63) is 121 Å². The van der Waals surface area contributed by atoms with Gasteiger partial charge in [-0.2, -0.15) is 10.2 Å². The zero-order valence-corrected chi connectivity index (χ0v) is 31.2. The van der Waals surface area contributed by atoms with Crippen LogP contribution in [-0.4, -0.2) is 57.8 Å². The predicted molar refractivity (Wildman–Crippen MR) is 211 cm³/mol. The first kappa shape index (κ1) is 37.1. The molecule has 2 aliphatic rings. The number of thiophene rings is 1. The molecule has 1 unspecified atom stereocenters. The SMILES string of the molecule is C/C=N/N=C/[C@H](C)N=C(c1ccc(Cl)cc1)c1csc(C#Cc2ccc(CCCC#Cc3cccc4c3CN(C3CCC(=O)NC3=O)C4=O)cn2)c1C. The lowest BCUT2D eigenvalue weighted by atomic mass is 10.0. The van der Waals surface area contributed by atoms with E-state index in [-0.39, 0.29) is 24.3 Å². The van der Waals surface area contributed by atoms with Gasteiger partial charge in [-0.15, -0.1) is 11.3 Å². The fourth-order valence-corrected chi connectivity index (χ4v) is 7.17. The van der Waals surface area contributed by atoms with Crippen molar-refractivity contribution in [2.24, 2.45) is 15.2 Å². The molecule has 0 spiro atoms. The second-order valence-corrected chi connectivity index (χ2v) is 14.0. The number of aliphatic imine (C=N–C) groups is 1. The summed E-state index contributed by atoms with van der Waals surface area (Å²) in [4.78, 5) is 49.1. The number of piperidine rings is 1. The van der Waals surface area contributed by atoms with E-state index in [1.807, 2.05) is 68.6 Å². The Morgan fingerprint density at radius 1 is 1.09 bits per heavy atom. The number of carbonyl (C=O) groups excluding carboxylic acids is 3. The molecule has 0 aliphatic carbocycles. The number of nitrogens with zero attached hydrogens (tertiary/aromatic N) is 5. The van der Waals surface area contributed by atoms with Gasteiger partial charge < -0.3 is 4.90 Å². The van der Waals surface area contributed by atoms with Crippen LogP contribution in [0.3, 0.4) is 0 Å². The van der Waals surface area contributed by atoms with Gasteiger partial charge in [0.2, 0.25) is 11.8 Å². The Morgan fingerprint density at radius 3 is 2.68 bits per heavy atom. The van der Waals surface area contributed by atoms with Gasteiger partial charge >= 0.3 is 0 Å². The summed E-state index contributed by atoms with van der Waals surface area (Å²) in [6.45, 7) is 6.15. The number of amides is 3. The van der Waals surface area contributed by atoms with Crippen LogP contribution in [0.4, 0.5) is 0 Å². The summed E-state index contributed by atoms with van der Waals surface area (Å²) in [6.07, 6.45) is 8.10. The largest absolute Gasteiger partial charge is 0.322 e. The Kier molecular flexibility index (Phi) is 12.1. The van der Waals surface area contributed by atoms with E-state index in [4.69, 9.17) is 16.6 Å². The van der Waals surface area contributed by atoms with E-state index in [1.165, 1.54) is 0 Å². The number of aromatic nitrogens is 1. The van der Waals surface area contributed by atoms with Crippen molar-refractivity contribution < 1.29 is 14.4 Å². The highest BCUT2D eigenvalue weighted by Crippen LogP contribution is 2.30. The summed E-state index contributed by atoms with van der Waals surface area (Å²) in [5.74, 6) is 12.1. The molecule has 2 aromatic heterocycles. The van der Waals surface area contributed by atoms with Gasteiger partial charge in [0.05, 0.1) is 22.8 Å². The van der Waals surface area contributed by atoms with Crippen molar-refractivity contribution in [1.29, 1.82) is 0 Å². The molecule has 1 saturated heterocycles. The molecule has 0 radical (unpaired) electrons. The van der Waals surface area contributed by atoms with Crippen LogP contribution in [-0.2, 0) is 22.6 Å². The summed E-state index contributed by atoms with van der Waals surface area (Å²) < 4.78 is 0. The molecule has 11 heteroatoms. The molecule has 6 rings (SSSR count). The number of hydrogen-bond donors (Lipinski definition) is 1. The Morgan fingerprint density at radius 2 is 1.92 bits per heavy atom. The molecule has 53 heavy (non-hydrogen) atoms. The van der Waals surface area contributed by atoms with Crippen LogP contribution in [0.15, 0.2) is 81.4 Å². The van der Waals surface area contributed by atoms with E-state index in [0.29, 0.717) is 35.7 Å². The molecule has 0 bridgehead atoms. The van der Waals surface area contributed by atoms with E-state index in [1.54, 1.807) is 34.7 Å². The van der Waals surface area contributed by atoms with Crippen molar-refractivity contribution >= 4 is 58.8 Å². The van der Waals surface area contributed by atoms with Crippen LogP contribution in [0.2, 0.25) is 5.02 Å². The molecule has 4 heterocycles. The minimum absolute atomic E-state index is 0.190. The lowest BCUT2D eigenvalue weighted by molar-refractivity contribution is -0.136. The first-order valence-corrected chi connectivity index (χ1v) is 18.6. The molecule has 1 N–H and O–H groups in total. The minimum Gasteiger partial charge on any atom is -0.322 e. The van der Waals surface area contributed by atoms with E-state index < -0.39 is 11.9 Å². The van der Waals surface area contributed by atoms with Crippen molar-refractivity contribution in [3.8, 4) is 23.7 Å². The fraction of sp³-hybridized carbons (Fsp3) is 0.262. The number of carbonyl (C=O) groups is 3. The number of imide groups is 1. The monoisotopic (exact) mass is 740 g/mol. The number of pyridine rings is 1. The predicted octanol–water partition coefficient (Wildman–Crippen LogP) is 6.94. The first-order valence-electron chi connectivity index (χ1n) is 17.4. The van der Waals surface area contributed by atoms with Crippen molar-refractivity contribution in [2.75, 3.05) is 0 Å². The number of unbranched alkanes of at least 4 members (excludes halogenated alkanes) is 1. The number of halogens is 1. The smallest absolute Gasteiger partial charge is 0.255 e.